The Morgan fingerprint density at radius 3 is 2.39 bits per heavy atom. The fraction of sp³-hybridized carbons (Fsp3) is 0.588. The minimum atomic E-state index is -4.98. The van der Waals surface area contributed by atoms with E-state index in [2.05, 4.69) is 5.32 Å². The van der Waals surface area contributed by atoms with Crippen molar-refractivity contribution in [3.05, 3.63) is 18.2 Å². The molecule has 1 aromatic carbocycles. The predicted molar refractivity (Wildman–Crippen MR) is 95.5 cm³/mol. The summed E-state index contributed by atoms with van der Waals surface area (Å²) >= 11 is 0. The van der Waals surface area contributed by atoms with Crippen LogP contribution in [0.2, 0.25) is 0 Å². The van der Waals surface area contributed by atoms with Crippen molar-refractivity contribution in [2.75, 3.05) is 25.5 Å². The molecular weight excluding hydrogens is 401 g/mol. The van der Waals surface area contributed by atoms with E-state index in [-0.39, 0.29) is 16.3 Å². The average Bonchev–Trinajstić information content (AvgIpc) is 2.61. The van der Waals surface area contributed by atoms with Gasteiger partial charge >= 0.3 is 6.18 Å². The van der Waals surface area contributed by atoms with Gasteiger partial charge in [0.25, 0.3) is 0 Å². The van der Waals surface area contributed by atoms with E-state index >= 15 is 0 Å². The molecule has 1 fully saturated rings. The number of anilines is 1. The van der Waals surface area contributed by atoms with Gasteiger partial charge in [0.15, 0.2) is 5.60 Å². The normalized spacial score (nSPS) is 18.4. The number of ether oxygens (including phenoxy) is 1. The number of benzene rings is 1. The molecule has 0 spiro atoms. The number of nitrogens with one attached hydrogen (secondary N) is 1. The molecule has 0 aromatic heterocycles. The van der Waals surface area contributed by atoms with Crippen LogP contribution in [-0.2, 0) is 14.8 Å². The highest BCUT2D eigenvalue weighted by Crippen LogP contribution is 2.34. The third-order valence-corrected chi connectivity index (χ3v) is 6.42. The van der Waals surface area contributed by atoms with Gasteiger partial charge in [0.1, 0.15) is 10.6 Å². The number of hydrogen-bond donors (Lipinski definition) is 2. The first-order valence-electron chi connectivity index (χ1n) is 8.65. The van der Waals surface area contributed by atoms with Gasteiger partial charge in [-0.05, 0) is 38.0 Å². The van der Waals surface area contributed by atoms with Gasteiger partial charge in [-0.1, -0.05) is 6.42 Å². The van der Waals surface area contributed by atoms with Crippen LogP contribution in [0.5, 0.6) is 5.75 Å². The number of aliphatic hydroxyl groups is 1. The largest absolute Gasteiger partial charge is 0.495 e. The highest BCUT2D eigenvalue weighted by Gasteiger charge is 2.51. The second-order valence-corrected chi connectivity index (χ2v) is 8.73. The van der Waals surface area contributed by atoms with E-state index < -0.39 is 34.1 Å². The van der Waals surface area contributed by atoms with Gasteiger partial charge in [-0.2, -0.15) is 17.5 Å². The molecule has 2 N–H and O–H groups in total. The topological polar surface area (TPSA) is 95.9 Å². The second-order valence-electron chi connectivity index (χ2n) is 6.83. The third kappa shape index (κ3) is 4.95. The van der Waals surface area contributed by atoms with E-state index in [9.17, 15) is 31.5 Å². The molecule has 0 bridgehead atoms. The van der Waals surface area contributed by atoms with Crippen molar-refractivity contribution in [2.24, 2.45) is 0 Å². The van der Waals surface area contributed by atoms with E-state index in [0.29, 0.717) is 20.0 Å². The number of alkyl halides is 3. The first kappa shape index (κ1) is 22.4. The summed E-state index contributed by atoms with van der Waals surface area (Å²) in [6, 6.07) is 3.77. The molecule has 1 atom stereocenters. The highest BCUT2D eigenvalue weighted by atomic mass is 32.2. The number of nitrogens with zero attached hydrogens (tertiary/aromatic N) is 1. The lowest BCUT2D eigenvalue weighted by atomic mass is 10.0. The monoisotopic (exact) mass is 424 g/mol. The maximum Gasteiger partial charge on any atom is 0.417 e. The Bertz CT molecular complexity index is 819. The Balaban J connectivity index is 2.26. The van der Waals surface area contributed by atoms with Crippen LogP contribution in [0.15, 0.2) is 23.1 Å². The lowest BCUT2D eigenvalue weighted by Crippen LogP contribution is -2.44. The van der Waals surface area contributed by atoms with E-state index in [0.717, 1.165) is 25.3 Å². The molecule has 11 heteroatoms. The van der Waals surface area contributed by atoms with E-state index in [4.69, 9.17) is 4.74 Å². The summed E-state index contributed by atoms with van der Waals surface area (Å²) in [5, 5.41) is 11.6. The number of piperidine rings is 1. The standard InChI is InChI=1S/C17H23F3N2O5S/c1-16(24,17(18,19)20)11-15(23)21-12-6-7-13(27-2)14(10-12)28(25,26)22-8-4-3-5-9-22/h6-7,10,24H,3-5,8-9,11H2,1-2H3,(H,21,23)/t16-/m1/s1. The highest BCUT2D eigenvalue weighted by molar-refractivity contribution is 7.89. The van der Waals surface area contributed by atoms with Crippen LogP contribution >= 0.6 is 0 Å². The van der Waals surface area contributed by atoms with Crippen molar-refractivity contribution in [1.82, 2.24) is 4.31 Å². The molecule has 0 saturated carbocycles. The zero-order valence-corrected chi connectivity index (χ0v) is 16.4. The Labute approximate surface area is 161 Å². The molecule has 1 saturated heterocycles. The maximum absolute atomic E-state index is 12.9. The fourth-order valence-electron chi connectivity index (χ4n) is 2.82. The molecule has 158 valence electrons. The minimum absolute atomic E-state index is 0.0145. The quantitative estimate of drug-likeness (QED) is 0.732. The number of sulfonamides is 1. The minimum Gasteiger partial charge on any atom is -0.495 e. The molecule has 28 heavy (non-hydrogen) atoms. The number of carbonyl (C=O) groups is 1. The van der Waals surface area contributed by atoms with Crippen molar-refractivity contribution in [1.29, 1.82) is 0 Å². The van der Waals surface area contributed by atoms with Gasteiger partial charge in [0.05, 0.1) is 13.5 Å². The fourth-order valence-corrected chi connectivity index (χ4v) is 4.52. The Hall–Kier alpha value is -1.85. The average molecular weight is 424 g/mol. The van der Waals surface area contributed by atoms with Crippen LogP contribution in [0.1, 0.15) is 32.6 Å². The molecule has 7 nitrogen and oxygen atoms in total. The zero-order chi connectivity index (χ0) is 21.2. The summed E-state index contributed by atoms with van der Waals surface area (Å²) in [5.41, 5.74) is -3.22. The molecule has 2 rings (SSSR count). The van der Waals surface area contributed by atoms with Gasteiger partial charge < -0.3 is 15.2 Å². The van der Waals surface area contributed by atoms with E-state index in [1.54, 1.807) is 0 Å². The first-order chi connectivity index (χ1) is 12.9. The van der Waals surface area contributed by atoms with Gasteiger partial charge in [-0.25, -0.2) is 8.42 Å². The SMILES string of the molecule is COc1ccc(NC(=O)C[C@@](C)(O)C(F)(F)F)cc1S(=O)(=O)N1CCCCC1. The molecule has 1 aliphatic rings. The number of carbonyl (C=O) groups excluding carboxylic acids is 1. The van der Waals surface area contributed by atoms with E-state index in [1.165, 1.54) is 23.5 Å². The maximum atomic E-state index is 12.9. The lowest BCUT2D eigenvalue weighted by Gasteiger charge is -2.27. The number of hydrogen-bond acceptors (Lipinski definition) is 5. The Morgan fingerprint density at radius 1 is 1.25 bits per heavy atom. The number of methoxy groups -OCH3 is 1. The van der Waals surface area contributed by atoms with Crippen LogP contribution in [-0.4, -0.2) is 55.7 Å². The summed E-state index contributed by atoms with van der Waals surface area (Å²) in [7, 11) is -2.60. The summed E-state index contributed by atoms with van der Waals surface area (Å²) in [4.78, 5) is 11.7. The smallest absolute Gasteiger partial charge is 0.417 e. The Morgan fingerprint density at radius 2 is 1.86 bits per heavy atom. The van der Waals surface area contributed by atoms with Gasteiger partial charge in [0.2, 0.25) is 15.9 Å². The molecular formula is C17H23F3N2O5S. The molecule has 1 amide bonds. The second kappa shape index (κ2) is 8.26. The van der Waals surface area contributed by atoms with Gasteiger partial charge in [-0.3, -0.25) is 4.79 Å². The molecule has 0 aliphatic carbocycles. The van der Waals surface area contributed by atoms with Crippen LogP contribution in [0.3, 0.4) is 0 Å². The lowest BCUT2D eigenvalue weighted by molar-refractivity contribution is -0.252. The molecule has 1 heterocycles. The zero-order valence-electron chi connectivity index (χ0n) is 15.5. The van der Waals surface area contributed by atoms with Crippen LogP contribution in [0, 0.1) is 0 Å². The third-order valence-electron chi connectivity index (χ3n) is 4.50. The van der Waals surface area contributed by atoms with Crippen LogP contribution in [0.25, 0.3) is 0 Å². The summed E-state index contributed by atoms with van der Waals surface area (Å²) in [5.74, 6) is -1.04. The van der Waals surface area contributed by atoms with Gasteiger partial charge in [0, 0.05) is 18.8 Å². The number of amides is 1. The molecule has 1 aliphatic heterocycles. The van der Waals surface area contributed by atoms with Crippen molar-refractivity contribution < 1.29 is 36.2 Å². The molecule has 0 unspecified atom stereocenters. The number of halogens is 3. The van der Waals surface area contributed by atoms with Crippen molar-refractivity contribution >= 4 is 21.6 Å². The molecule has 0 radical (unpaired) electrons. The van der Waals surface area contributed by atoms with Crippen molar-refractivity contribution in [3.63, 3.8) is 0 Å². The van der Waals surface area contributed by atoms with Crippen LogP contribution < -0.4 is 10.1 Å². The number of rotatable bonds is 6. The summed E-state index contributed by atoms with van der Waals surface area (Å²) in [6.07, 6.45) is -3.82. The molecule has 1 aromatic rings. The summed E-state index contributed by atoms with van der Waals surface area (Å²) in [6.45, 7) is 1.21. The van der Waals surface area contributed by atoms with Crippen molar-refractivity contribution in [2.45, 2.75) is 49.3 Å². The van der Waals surface area contributed by atoms with Crippen molar-refractivity contribution in [3.8, 4) is 5.75 Å². The van der Waals surface area contributed by atoms with E-state index in [1.807, 2.05) is 0 Å². The summed E-state index contributed by atoms with van der Waals surface area (Å²) < 4.78 is 70.4. The van der Waals surface area contributed by atoms with Gasteiger partial charge in [-0.15, -0.1) is 0 Å². The van der Waals surface area contributed by atoms with Crippen LogP contribution in [0.4, 0.5) is 18.9 Å². The Kier molecular flexibility index (Phi) is 6.62. The predicted octanol–water partition coefficient (Wildman–Crippen LogP) is 2.51. The first-order valence-corrected chi connectivity index (χ1v) is 10.1.